The van der Waals surface area contributed by atoms with E-state index in [4.69, 9.17) is 0 Å². The molecule has 8 heteroatoms. The second kappa shape index (κ2) is 3.74. The van der Waals surface area contributed by atoms with Crippen LogP contribution >= 0.6 is 0 Å². The lowest BCUT2D eigenvalue weighted by Crippen LogP contribution is -1.91. The molecule has 0 saturated heterocycles. The number of tetrazole rings is 1. The molecule has 0 aliphatic rings. The Labute approximate surface area is 94.2 Å². The van der Waals surface area contributed by atoms with E-state index in [1.165, 1.54) is 27.8 Å². The van der Waals surface area contributed by atoms with Gasteiger partial charge in [-0.3, -0.25) is 0 Å². The van der Waals surface area contributed by atoms with Crippen LogP contribution in [0.1, 0.15) is 5.56 Å². The molecule has 0 aliphatic heterocycles. The number of rotatable bonds is 2. The minimum absolute atomic E-state index is 0.283. The fourth-order valence-electron chi connectivity index (χ4n) is 1.30. The maximum absolute atomic E-state index is 12.7. The zero-order valence-corrected chi connectivity index (χ0v) is 8.47. The van der Waals surface area contributed by atoms with Gasteiger partial charge in [-0.2, -0.15) is 9.78 Å². The Balaban J connectivity index is 1.92. The average molecular weight is 231 g/mol. The Morgan fingerprint density at radius 2 is 2.06 bits per heavy atom. The Morgan fingerprint density at radius 1 is 1.24 bits per heavy atom. The number of hydrogen-bond acceptors (Lipinski definition) is 5. The lowest BCUT2D eigenvalue weighted by molar-refractivity contribution is 0.628. The molecule has 0 aliphatic carbocycles. The van der Waals surface area contributed by atoms with Gasteiger partial charge in [0.25, 0.3) is 5.78 Å². The summed E-state index contributed by atoms with van der Waals surface area (Å²) in [5.74, 6) is 0.122. The molecule has 7 nitrogen and oxygen atoms in total. The van der Waals surface area contributed by atoms with E-state index in [2.05, 4.69) is 25.7 Å². The third kappa shape index (κ3) is 1.75. The molecule has 0 fully saturated rings. The van der Waals surface area contributed by atoms with Gasteiger partial charge in [-0.25, -0.2) is 4.39 Å². The van der Waals surface area contributed by atoms with Crippen molar-refractivity contribution in [3.05, 3.63) is 42.0 Å². The Bertz CT molecular complexity index is 666. The van der Waals surface area contributed by atoms with Gasteiger partial charge < -0.3 is 0 Å². The average Bonchev–Trinajstić information content (AvgIpc) is 2.91. The largest absolute Gasteiger partial charge is 0.294 e. The fraction of sp³-hybridized carbons (Fsp3) is 0. The van der Waals surface area contributed by atoms with Crippen LogP contribution in [-0.2, 0) is 0 Å². The SMILES string of the molecule is Fc1ccc(/C=N/n2cnn3nnnc23)cc1. The first kappa shape index (κ1) is 9.58. The Hall–Kier alpha value is -2.64. The minimum atomic E-state index is -0.283. The molecule has 0 radical (unpaired) electrons. The third-order valence-corrected chi connectivity index (χ3v) is 2.11. The summed E-state index contributed by atoms with van der Waals surface area (Å²) in [6.45, 7) is 0. The number of hydrogen-bond donors (Lipinski definition) is 0. The van der Waals surface area contributed by atoms with Crippen LogP contribution < -0.4 is 0 Å². The molecule has 17 heavy (non-hydrogen) atoms. The van der Waals surface area contributed by atoms with Crippen molar-refractivity contribution in [2.75, 3.05) is 0 Å². The van der Waals surface area contributed by atoms with E-state index in [1.54, 1.807) is 18.3 Å². The molecular weight excluding hydrogens is 225 g/mol. The molecule has 1 aromatic carbocycles. The predicted molar refractivity (Wildman–Crippen MR) is 56.0 cm³/mol. The zero-order valence-electron chi connectivity index (χ0n) is 8.47. The highest BCUT2D eigenvalue weighted by molar-refractivity contribution is 5.79. The number of fused-ring (bicyclic) bond motifs is 1. The molecule has 0 unspecified atom stereocenters. The van der Waals surface area contributed by atoms with Gasteiger partial charge in [-0.15, -0.1) is 5.10 Å². The van der Waals surface area contributed by atoms with Crippen LogP contribution in [0.25, 0.3) is 5.78 Å². The second-order valence-electron chi connectivity index (χ2n) is 3.24. The summed E-state index contributed by atoms with van der Waals surface area (Å²) in [5.41, 5.74) is 0.769. The molecule has 3 aromatic rings. The van der Waals surface area contributed by atoms with E-state index in [0.29, 0.717) is 5.78 Å². The van der Waals surface area contributed by atoms with E-state index in [0.717, 1.165) is 5.56 Å². The van der Waals surface area contributed by atoms with E-state index in [-0.39, 0.29) is 5.82 Å². The monoisotopic (exact) mass is 231 g/mol. The summed E-state index contributed by atoms with van der Waals surface area (Å²) >= 11 is 0. The van der Waals surface area contributed by atoms with E-state index < -0.39 is 0 Å². The number of nitrogens with zero attached hydrogens (tertiary/aromatic N) is 7. The van der Waals surface area contributed by atoms with E-state index in [1.807, 2.05) is 0 Å². The molecule has 0 amide bonds. The van der Waals surface area contributed by atoms with Crippen LogP contribution in [0, 0.1) is 5.82 Å². The van der Waals surface area contributed by atoms with Gasteiger partial charge in [0.2, 0.25) is 0 Å². The lowest BCUT2D eigenvalue weighted by Gasteiger charge is -1.92. The van der Waals surface area contributed by atoms with Crippen molar-refractivity contribution < 1.29 is 4.39 Å². The van der Waals surface area contributed by atoms with Crippen molar-refractivity contribution in [2.24, 2.45) is 5.10 Å². The van der Waals surface area contributed by atoms with Crippen LogP contribution in [0.5, 0.6) is 0 Å². The van der Waals surface area contributed by atoms with Gasteiger partial charge in [0.1, 0.15) is 12.1 Å². The van der Waals surface area contributed by atoms with Crippen LogP contribution in [0.4, 0.5) is 4.39 Å². The van der Waals surface area contributed by atoms with Crippen LogP contribution in [-0.4, -0.2) is 36.1 Å². The number of aromatic nitrogens is 6. The minimum Gasteiger partial charge on any atom is -0.207 e. The van der Waals surface area contributed by atoms with Crippen molar-refractivity contribution in [3.63, 3.8) is 0 Å². The number of halogens is 1. The zero-order chi connectivity index (χ0) is 11.7. The Morgan fingerprint density at radius 3 is 2.88 bits per heavy atom. The first-order valence-corrected chi connectivity index (χ1v) is 4.74. The molecule has 2 aromatic heterocycles. The summed E-state index contributed by atoms with van der Waals surface area (Å²) < 4.78 is 15.3. The fourth-order valence-corrected chi connectivity index (χ4v) is 1.30. The number of benzene rings is 1. The van der Waals surface area contributed by atoms with Crippen molar-refractivity contribution in [3.8, 4) is 0 Å². The molecule has 0 N–H and O–H groups in total. The molecule has 0 spiro atoms. The summed E-state index contributed by atoms with van der Waals surface area (Å²) in [6.07, 6.45) is 3.02. The molecular formula is C9H6FN7. The van der Waals surface area contributed by atoms with E-state index >= 15 is 0 Å². The topological polar surface area (TPSA) is 73.3 Å². The quantitative estimate of drug-likeness (QED) is 0.596. The van der Waals surface area contributed by atoms with Crippen LogP contribution in [0.3, 0.4) is 0 Å². The van der Waals surface area contributed by atoms with Gasteiger partial charge >= 0.3 is 0 Å². The van der Waals surface area contributed by atoms with Gasteiger partial charge in [0.15, 0.2) is 0 Å². The van der Waals surface area contributed by atoms with Crippen molar-refractivity contribution >= 4 is 12.0 Å². The molecule has 84 valence electrons. The maximum Gasteiger partial charge on any atom is 0.294 e. The van der Waals surface area contributed by atoms with Gasteiger partial charge in [-0.05, 0) is 28.1 Å². The van der Waals surface area contributed by atoms with E-state index in [9.17, 15) is 4.39 Å². The molecule has 3 rings (SSSR count). The van der Waals surface area contributed by atoms with Crippen molar-refractivity contribution in [1.29, 1.82) is 0 Å². The highest BCUT2D eigenvalue weighted by atomic mass is 19.1. The molecule has 0 bridgehead atoms. The molecule has 2 heterocycles. The van der Waals surface area contributed by atoms with Crippen molar-refractivity contribution in [1.82, 2.24) is 29.9 Å². The molecule has 0 atom stereocenters. The van der Waals surface area contributed by atoms with Gasteiger partial charge in [-0.1, -0.05) is 21.9 Å². The first-order chi connectivity index (χ1) is 8.33. The second-order valence-corrected chi connectivity index (χ2v) is 3.24. The third-order valence-electron chi connectivity index (χ3n) is 2.11. The normalized spacial score (nSPS) is 11.6. The molecule has 0 saturated carbocycles. The smallest absolute Gasteiger partial charge is 0.207 e. The summed E-state index contributed by atoms with van der Waals surface area (Å²) in [4.78, 5) is 0. The summed E-state index contributed by atoms with van der Waals surface area (Å²) in [5, 5.41) is 18.8. The highest BCUT2D eigenvalue weighted by Gasteiger charge is 2.02. The summed E-state index contributed by atoms with van der Waals surface area (Å²) in [7, 11) is 0. The predicted octanol–water partition coefficient (Wildman–Crippen LogP) is 0.342. The van der Waals surface area contributed by atoms with Gasteiger partial charge in [0, 0.05) is 0 Å². The van der Waals surface area contributed by atoms with Crippen molar-refractivity contribution in [2.45, 2.75) is 0 Å². The lowest BCUT2D eigenvalue weighted by atomic mass is 10.2. The maximum atomic E-state index is 12.7. The summed E-state index contributed by atoms with van der Waals surface area (Å²) in [6, 6.07) is 5.97. The van der Waals surface area contributed by atoms with Crippen LogP contribution in [0.15, 0.2) is 35.7 Å². The highest BCUT2D eigenvalue weighted by Crippen LogP contribution is 2.01. The standard InChI is InChI=1S/C9H6FN7/c10-8-3-1-7(2-4-8)5-11-16-6-12-17-9(16)13-14-15-17/h1-6H/b11-5+. The Kier molecular flexibility index (Phi) is 2.11. The first-order valence-electron chi connectivity index (χ1n) is 4.74. The van der Waals surface area contributed by atoms with Gasteiger partial charge in [0.05, 0.1) is 6.21 Å². The van der Waals surface area contributed by atoms with Crippen LogP contribution in [0.2, 0.25) is 0 Å².